The standard InChI is InChI=1S/C25H30N4O3.C25H30N4O2.C24H27FN4O3.C24H25N5O4/c1-16-9-11-29-21(14-18-6-5-10-28(15-18)25(31)32-4)23(27-22(29)12-16)20-8-7-19(13-17(20)2)24(30)26-3;1-16-9-11-29-22(14-19-6-5-10-28(15-19)18(3)30)24(27-23(29)12-16)21-8-7-20(13-17(21)2)25(31)26-4;1-14-9-17(24(31)26-4)5-6-19(14)23-21(11-18-12-28(16(3)30)7-8-32-18)29-13-20(25)15(2)10-22(29)27-23;1-15-10-17(23(30)26-2)4-5-19(15)22-20(29-7-6-16(13-25)11-21(29)27-22)12-18-14-28(8-9-33-18)24(31)32-3/h7-9,11-13,18H,5-6,10,14-15H2,1-4H3,(H,26,30);7-9,11-13,19H,5-6,10,14-15H2,1-4H3,(H,26,31);5-6,9-10,13,18H,7-8,11-12H2,1-4H3,(H,26,31);4-7,10-11,18H,8-9,12,14H2,1-3H3,(H,26,30)/t;;2*18-/m..00/s1. The Morgan fingerprint density at radius 1 is 0.422 bits per heavy atom. The number of nitrogens with zero attached hydrogens (tertiary/aromatic N) is 13. The zero-order valence-corrected chi connectivity index (χ0v) is 75.4. The van der Waals surface area contributed by atoms with Gasteiger partial charge in [-0.15, -0.1) is 0 Å². The van der Waals surface area contributed by atoms with E-state index in [2.05, 4.69) is 86.6 Å². The molecule has 0 saturated carbocycles. The number of morpholine rings is 2. The van der Waals surface area contributed by atoms with Crippen molar-refractivity contribution in [1.29, 1.82) is 5.26 Å². The number of likely N-dealkylation sites (tertiary alicyclic amines) is 2. The molecule has 29 nitrogen and oxygen atoms in total. The number of hydrogen-bond donors (Lipinski definition) is 4. The third kappa shape index (κ3) is 20.7. The zero-order chi connectivity index (χ0) is 91.5. The molecular formula is C98H112FN17O12. The Labute approximate surface area is 744 Å². The third-order valence-electron chi connectivity index (χ3n) is 24.4. The number of pyridine rings is 4. The van der Waals surface area contributed by atoms with Crippen LogP contribution in [0.2, 0.25) is 0 Å². The van der Waals surface area contributed by atoms with Crippen LogP contribution < -0.4 is 21.3 Å². The maximum absolute atomic E-state index is 14.5. The van der Waals surface area contributed by atoms with Crippen LogP contribution in [0.3, 0.4) is 0 Å². The molecule has 4 fully saturated rings. The van der Waals surface area contributed by atoms with E-state index >= 15 is 0 Å². The van der Waals surface area contributed by atoms with Crippen LogP contribution in [-0.4, -0.2) is 225 Å². The molecule has 0 spiro atoms. The van der Waals surface area contributed by atoms with Gasteiger partial charge >= 0.3 is 12.2 Å². The molecule has 0 radical (unpaired) electrons. The summed E-state index contributed by atoms with van der Waals surface area (Å²) in [4.78, 5) is 123. The molecule has 12 heterocycles. The summed E-state index contributed by atoms with van der Waals surface area (Å²) in [7, 11) is 9.27. The van der Waals surface area contributed by atoms with Crippen LogP contribution in [-0.2, 0) is 54.2 Å². The van der Waals surface area contributed by atoms with Gasteiger partial charge in [-0.05, 0) is 229 Å². The number of rotatable bonds is 16. The van der Waals surface area contributed by atoms with Crippen LogP contribution >= 0.6 is 0 Å². The molecule has 668 valence electrons. The average molecular weight is 1740 g/mol. The number of methoxy groups -OCH3 is 2. The summed E-state index contributed by atoms with van der Waals surface area (Å²) in [5.74, 6) is 0.0751. The molecule has 0 aliphatic carbocycles. The molecular weight excluding hydrogens is 1630 g/mol. The Kier molecular flexibility index (Phi) is 29.3. The van der Waals surface area contributed by atoms with Crippen molar-refractivity contribution in [2.45, 2.75) is 126 Å². The van der Waals surface area contributed by atoms with Crippen LogP contribution in [0, 0.1) is 77.5 Å². The molecule has 8 aromatic heterocycles. The number of halogens is 1. The van der Waals surface area contributed by atoms with Crippen molar-refractivity contribution < 1.29 is 61.7 Å². The van der Waals surface area contributed by atoms with Gasteiger partial charge in [0, 0.05) is 170 Å². The van der Waals surface area contributed by atoms with Gasteiger partial charge in [0.1, 0.15) is 28.4 Å². The highest BCUT2D eigenvalue weighted by atomic mass is 19.1. The maximum atomic E-state index is 14.5. The average Bonchev–Trinajstić information content (AvgIpc) is 1.68. The van der Waals surface area contributed by atoms with Crippen molar-refractivity contribution in [3.63, 3.8) is 0 Å². The SMILES string of the molecule is CNC(=O)c1ccc(-c2nc3cc(C#N)ccn3c2C[C@H]2CN(C(=O)OC)CCO2)c(C)c1.CNC(=O)c1ccc(-c2nc3cc(C)c(F)cn3c2C[C@H]2CN(C(C)=O)CCO2)c(C)c1.CNC(=O)c1ccc(-c2nc3cc(C)ccn3c2CC2CCCN(C(=O)OC)C2)c(C)c1.CNC(=O)c1ccc(-c2nc3cc(C)ccn3c2CC2CCCN(C(C)=O)C2)c(C)c1. The fourth-order valence-corrected chi connectivity index (χ4v) is 17.6. The molecule has 8 amide bonds. The number of carbonyl (C=O) groups excluding carboxylic acids is 8. The number of imidazole rings is 4. The molecule has 0 bridgehead atoms. The molecule has 2 unspecified atom stereocenters. The van der Waals surface area contributed by atoms with Crippen LogP contribution in [0.4, 0.5) is 14.0 Å². The first-order valence-corrected chi connectivity index (χ1v) is 43.3. The number of ether oxygens (including phenoxy) is 4. The van der Waals surface area contributed by atoms with Crippen molar-refractivity contribution in [2.24, 2.45) is 11.8 Å². The number of fused-ring (bicyclic) bond motifs is 4. The molecule has 128 heavy (non-hydrogen) atoms. The highest BCUT2D eigenvalue weighted by Gasteiger charge is 2.33. The largest absolute Gasteiger partial charge is 0.453 e. The molecule has 4 N–H and O–H groups in total. The lowest BCUT2D eigenvalue weighted by molar-refractivity contribution is -0.136. The first-order chi connectivity index (χ1) is 61.5. The lowest BCUT2D eigenvalue weighted by Gasteiger charge is -2.32. The number of carbonyl (C=O) groups is 8. The second kappa shape index (κ2) is 40.8. The smallest absolute Gasteiger partial charge is 0.409 e. The lowest BCUT2D eigenvalue weighted by atomic mass is 9.91. The van der Waals surface area contributed by atoms with Gasteiger partial charge in [-0.1, -0.05) is 24.3 Å². The van der Waals surface area contributed by atoms with Gasteiger partial charge in [0.15, 0.2) is 0 Å². The van der Waals surface area contributed by atoms with Gasteiger partial charge in [0.2, 0.25) is 11.8 Å². The normalized spacial score (nSPS) is 16.2. The fourth-order valence-electron chi connectivity index (χ4n) is 17.6. The maximum Gasteiger partial charge on any atom is 0.409 e. The fraction of sp³-hybridized carbons (Fsp3) is 0.378. The van der Waals surface area contributed by atoms with Crippen LogP contribution in [0.5, 0.6) is 0 Å². The Bertz CT molecular complexity index is 6280. The molecule has 12 aromatic rings. The number of aromatic nitrogens is 8. The highest BCUT2D eigenvalue weighted by molar-refractivity contribution is 5.97. The van der Waals surface area contributed by atoms with Crippen molar-refractivity contribution >= 4 is 70.2 Å². The summed E-state index contributed by atoms with van der Waals surface area (Å²) in [6, 6.07) is 38.2. The van der Waals surface area contributed by atoms with E-state index in [1.807, 2.05) is 104 Å². The first kappa shape index (κ1) is 92.0. The molecule has 4 aliphatic heterocycles. The third-order valence-corrected chi connectivity index (χ3v) is 24.4. The quantitative estimate of drug-likeness (QED) is 0.0698. The minimum absolute atomic E-state index is 0.0129. The van der Waals surface area contributed by atoms with Gasteiger partial charge in [0.25, 0.3) is 23.6 Å². The van der Waals surface area contributed by atoms with E-state index in [0.717, 1.165) is 159 Å². The summed E-state index contributed by atoms with van der Waals surface area (Å²) in [6.45, 7) is 22.8. The van der Waals surface area contributed by atoms with E-state index in [1.165, 1.54) is 31.7 Å². The molecule has 16 rings (SSSR count). The Morgan fingerprint density at radius 2 is 0.758 bits per heavy atom. The number of nitriles is 1. The van der Waals surface area contributed by atoms with Crippen LogP contribution in [0.1, 0.15) is 148 Å². The molecule has 4 aliphatic rings. The molecule has 4 aromatic carbocycles. The number of hydrogen-bond acceptors (Lipinski definition) is 17. The molecule has 4 saturated heterocycles. The van der Waals surface area contributed by atoms with Crippen LogP contribution in [0.15, 0.2) is 140 Å². The molecule has 4 atom stereocenters. The Morgan fingerprint density at radius 3 is 1.14 bits per heavy atom. The number of amides is 8. The van der Waals surface area contributed by atoms with E-state index < -0.39 is 0 Å². The minimum atomic E-state index is -0.374. The van der Waals surface area contributed by atoms with Gasteiger partial charge in [-0.25, -0.2) is 33.9 Å². The predicted molar refractivity (Wildman–Crippen MR) is 486 cm³/mol. The van der Waals surface area contributed by atoms with Gasteiger partial charge in [-0.3, -0.25) is 28.8 Å². The van der Waals surface area contributed by atoms with E-state index in [0.29, 0.717) is 115 Å². The van der Waals surface area contributed by atoms with E-state index in [9.17, 15) is 48.0 Å². The number of benzene rings is 4. The minimum Gasteiger partial charge on any atom is -0.453 e. The summed E-state index contributed by atoms with van der Waals surface area (Å²) in [6.07, 6.45) is 13.2. The Hall–Kier alpha value is -13.7. The Balaban J connectivity index is 0.000000146. The summed E-state index contributed by atoms with van der Waals surface area (Å²) in [5.41, 5.74) is 23.9. The van der Waals surface area contributed by atoms with Crippen molar-refractivity contribution in [1.82, 2.24) is 78.4 Å². The van der Waals surface area contributed by atoms with Gasteiger partial charge in [0.05, 0.1) is 103 Å². The van der Waals surface area contributed by atoms with Crippen molar-refractivity contribution in [3.05, 3.63) is 235 Å². The van der Waals surface area contributed by atoms with E-state index in [4.69, 9.17) is 38.9 Å². The topological polar surface area (TPSA) is 328 Å². The van der Waals surface area contributed by atoms with E-state index in [1.54, 1.807) is 98.4 Å². The lowest BCUT2D eigenvalue weighted by Crippen LogP contribution is -2.46. The highest BCUT2D eigenvalue weighted by Crippen LogP contribution is 2.38. The number of nitrogens with one attached hydrogen (secondary N) is 4. The number of piperidine rings is 2. The second-order valence-corrected chi connectivity index (χ2v) is 33.3. The van der Waals surface area contributed by atoms with Crippen molar-refractivity contribution in [3.8, 4) is 51.1 Å². The van der Waals surface area contributed by atoms with Crippen LogP contribution in [0.25, 0.3) is 67.6 Å². The summed E-state index contributed by atoms with van der Waals surface area (Å²) >= 11 is 0. The zero-order valence-electron chi connectivity index (χ0n) is 75.4. The van der Waals surface area contributed by atoms with Crippen molar-refractivity contribution in [2.75, 3.05) is 108 Å². The van der Waals surface area contributed by atoms with Gasteiger partial charge in [-0.2, -0.15) is 5.26 Å². The molecule has 30 heteroatoms. The summed E-state index contributed by atoms with van der Waals surface area (Å²) < 4.78 is 44.2. The monoisotopic (exact) mass is 1740 g/mol. The summed E-state index contributed by atoms with van der Waals surface area (Å²) in [5, 5.41) is 19.9. The van der Waals surface area contributed by atoms with E-state index in [-0.39, 0.29) is 65.7 Å². The first-order valence-electron chi connectivity index (χ1n) is 43.3. The predicted octanol–water partition coefficient (Wildman–Crippen LogP) is 13.2. The van der Waals surface area contributed by atoms with Gasteiger partial charge < -0.3 is 77.4 Å². The second-order valence-electron chi connectivity index (χ2n) is 33.3. The number of aryl methyl sites for hydroxylation is 7.